The molecule has 0 aliphatic carbocycles. The van der Waals surface area contributed by atoms with E-state index in [1.807, 2.05) is 18.9 Å². The Labute approximate surface area is 152 Å². The fourth-order valence-corrected chi connectivity index (χ4v) is 2.40. The predicted octanol–water partition coefficient (Wildman–Crippen LogP) is 4.20. The summed E-state index contributed by atoms with van der Waals surface area (Å²) in [7, 11) is 3.58. The molecule has 0 heterocycles. The summed E-state index contributed by atoms with van der Waals surface area (Å²) in [6.07, 6.45) is 1.56. The lowest BCUT2D eigenvalue weighted by molar-refractivity contribution is 0.0999. The Morgan fingerprint density at radius 3 is 2.42 bits per heavy atom. The van der Waals surface area contributed by atoms with Gasteiger partial charge in [0.05, 0.1) is 12.9 Å². The first-order chi connectivity index (χ1) is 12.3. The Kier molecular flexibility index (Phi) is 6.44. The maximum Gasteiger partial charge on any atom is 0.182 e. The van der Waals surface area contributed by atoms with Crippen molar-refractivity contribution < 1.29 is 13.6 Å². The van der Waals surface area contributed by atoms with E-state index in [4.69, 9.17) is 0 Å². The highest BCUT2D eigenvalue weighted by atomic mass is 19.1. The number of hydrogen-bond donors (Lipinski definition) is 0. The molecule has 0 spiro atoms. The van der Waals surface area contributed by atoms with E-state index in [9.17, 15) is 13.6 Å². The van der Waals surface area contributed by atoms with Crippen LogP contribution >= 0.6 is 0 Å². The summed E-state index contributed by atoms with van der Waals surface area (Å²) in [6.45, 7) is 4.55. The van der Waals surface area contributed by atoms with Gasteiger partial charge in [-0.2, -0.15) is 0 Å². The number of likely N-dealkylation sites (N-methyl/N-ethyl adjacent to an activating group) is 1. The summed E-state index contributed by atoms with van der Waals surface area (Å²) in [5.74, 6) is -1.09. The van der Waals surface area contributed by atoms with Gasteiger partial charge in [-0.1, -0.05) is 0 Å². The molecule has 0 radical (unpaired) electrons. The van der Waals surface area contributed by atoms with Crippen molar-refractivity contribution >= 4 is 23.5 Å². The molecule has 2 aromatic rings. The highest BCUT2D eigenvalue weighted by molar-refractivity contribution is 6.00. The van der Waals surface area contributed by atoms with Gasteiger partial charge < -0.3 is 9.80 Å². The first-order valence-corrected chi connectivity index (χ1v) is 8.36. The van der Waals surface area contributed by atoms with Crippen molar-refractivity contribution in [3.05, 3.63) is 59.2 Å². The lowest BCUT2D eigenvalue weighted by Crippen LogP contribution is -2.26. The molecule has 0 N–H and O–H groups in total. The van der Waals surface area contributed by atoms with E-state index in [1.54, 1.807) is 43.4 Å². The molecule has 26 heavy (non-hydrogen) atoms. The van der Waals surface area contributed by atoms with E-state index in [0.717, 1.165) is 6.54 Å². The second-order valence-electron chi connectivity index (χ2n) is 6.19. The highest BCUT2D eigenvalue weighted by Gasteiger charge is 2.15. The number of ketones is 1. The van der Waals surface area contributed by atoms with Crippen molar-refractivity contribution in [2.24, 2.45) is 4.99 Å². The molecule has 0 amide bonds. The third-order valence-corrected chi connectivity index (χ3v) is 4.14. The van der Waals surface area contributed by atoms with Crippen LogP contribution in [-0.4, -0.2) is 44.2 Å². The molecule has 2 rings (SSSR count). The number of halogens is 2. The zero-order chi connectivity index (χ0) is 19.3. The molecule has 4 nitrogen and oxygen atoms in total. The molecular formula is C20H23F2N3O. The van der Waals surface area contributed by atoms with Gasteiger partial charge in [0, 0.05) is 31.9 Å². The largest absolute Gasteiger partial charge is 0.367 e. The zero-order valence-corrected chi connectivity index (χ0v) is 15.5. The van der Waals surface area contributed by atoms with Crippen LogP contribution in [0.5, 0.6) is 0 Å². The fraction of sp³-hybridized carbons (Fsp3) is 0.300. The van der Waals surface area contributed by atoms with E-state index in [2.05, 4.69) is 4.99 Å². The first kappa shape index (κ1) is 19.6. The van der Waals surface area contributed by atoms with E-state index >= 15 is 0 Å². The number of carbonyl (C=O) groups is 1. The van der Waals surface area contributed by atoms with Gasteiger partial charge >= 0.3 is 0 Å². The minimum absolute atomic E-state index is 0.0626. The molecular weight excluding hydrogens is 336 g/mol. The van der Waals surface area contributed by atoms with Crippen molar-refractivity contribution in [2.75, 3.05) is 32.1 Å². The number of nitrogens with zero attached hydrogens (tertiary/aromatic N) is 3. The molecule has 2 aromatic carbocycles. The SMILES string of the molecule is CCN(C)C=Nc1cc(C)c(C(=O)CN(C)c2ccc(F)cc2)cc1F. The normalized spacial score (nSPS) is 11.0. The van der Waals surface area contributed by atoms with E-state index in [0.29, 0.717) is 16.8 Å². The first-order valence-electron chi connectivity index (χ1n) is 8.36. The summed E-state index contributed by atoms with van der Waals surface area (Å²) in [5, 5.41) is 0. The summed E-state index contributed by atoms with van der Waals surface area (Å²) in [4.78, 5) is 20.2. The van der Waals surface area contributed by atoms with E-state index in [1.165, 1.54) is 18.2 Å². The van der Waals surface area contributed by atoms with Crippen molar-refractivity contribution in [1.82, 2.24) is 4.90 Å². The van der Waals surface area contributed by atoms with Gasteiger partial charge in [0.2, 0.25) is 0 Å². The number of anilines is 1. The second kappa shape index (κ2) is 8.56. The summed E-state index contributed by atoms with van der Waals surface area (Å²) in [5.41, 5.74) is 1.89. The van der Waals surface area contributed by atoms with E-state index in [-0.39, 0.29) is 23.8 Å². The smallest absolute Gasteiger partial charge is 0.182 e. The molecule has 0 aromatic heterocycles. The maximum absolute atomic E-state index is 14.3. The average Bonchev–Trinajstić information content (AvgIpc) is 2.62. The third-order valence-electron chi connectivity index (χ3n) is 4.14. The van der Waals surface area contributed by atoms with Gasteiger partial charge in [-0.05, 0) is 55.8 Å². The number of hydrogen-bond acceptors (Lipinski definition) is 3. The lowest BCUT2D eigenvalue weighted by Gasteiger charge is -2.19. The van der Waals surface area contributed by atoms with Crippen LogP contribution in [0.3, 0.4) is 0 Å². The minimum Gasteiger partial charge on any atom is -0.367 e. The molecule has 0 unspecified atom stereocenters. The molecule has 0 atom stereocenters. The average molecular weight is 359 g/mol. The minimum atomic E-state index is -0.538. The summed E-state index contributed by atoms with van der Waals surface area (Å²) in [6, 6.07) is 8.66. The Morgan fingerprint density at radius 1 is 1.15 bits per heavy atom. The van der Waals surface area contributed by atoms with Crippen LogP contribution in [0.4, 0.5) is 20.2 Å². The van der Waals surface area contributed by atoms with Crippen LogP contribution in [0.2, 0.25) is 0 Å². The molecule has 0 aliphatic heterocycles. The van der Waals surface area contributed by atoms with Gasteiger partial charge in [-0.3, -0.25) is 4.79 Å². The number of carbonyl (C=O) groups excluding carboxylic acids is 1. The van der Waals surface area contributed by atoms with Crippen molar-refractivity contribution in [3.8, 4) is 0 Å². The van der Waals surface area contributed by atoms with Crippen LogP contribution in [0.15, 0.2) is 41.4 Å². The molecule has 138 valence electrons. The Morgan fingerprint density at radius 2 is 1.81 bits per heavy atom. The molecule has 0 aliphatic rings. The van der Waals surface area contributed by atoms with Gasteiger partial charge in [-0.15, -0.1) is 0 Å². The number of rotatable bonds is 7. The molecule has 0 saturated carbocycles. The standard InChI is InChI=1S/C20H23F2N3O/c1-5-24(3)13-23-19-10-14(2)17(11-18(19)22)20(26)12-25(4)16-8-6-15(21)7-9-16/h6-11,13H,5,12H2,1-4H3. The fourth-order valence-electron chi connectivity index (χ4n) is 2.40. The van der Waals surface area contributed by atoms with Gasteiger partial charge in [0.15, 0.2) is 5.78 Å². The maximum atomic E-state index is 14.3. The molecule has 0 fully saturated rings. The molecule has 0 bridgehead atoms. The van der Waals surface area contributed by atoms with Gasteiger partial charge in [-0.25, -0.2) is 13.8 Å². The second-order valence-corrected chi connectivity index (χ2v) is 6.19. The number of Topliss-reactive ketones (excluding diaryl/α,β-unsaturated/α-hetero) is 1. The Balaban J connectivity index is 2.17. The topological polar surface area (TPSA) is 35.9 Å². The Bertz CT molecular complexity index is 803. The van der Waals surface area contributed by atoms with Crippen molar-refractivity contribution in [1.29, 1.82) is 0 Å². The van der Waals surface area contributed by atoms with Gasteiger partial charge in [0.25, 0.3) is 0 Å². The van der Waals surface area contributed by atoms with Crippen molar-refractivity contribution in [3.63, 3.8) is 0 Å². The molecule has 0 saturated heterocycles. The van der Waals surface area contributed by atoms with Gasteiger partial charge in [0.1, 0.15) is 17.3 Å². The zero-order valence-electron chi connectivity index (χ0n) is 15.5. The number of benzene rings is 2. The van der Waals surface area contributed by atoms with E-state index < -0.39 is 5.82 Å². The monoisotopic (exact) mass is 359 g/mol. The molecule has 6 heteroatoms. The Hall–Kier alpha value is -2.76. The number of aryl methyl sites for hydroxylation is 1. The predicted molar refractivity (Wildman–Crippen MR) is 102 cm³/mol. The number of aliphatic imine (C=N–C) groups is 1. The van der Waals surface area contributed by atoms with Crippen LogP contribution in [0.1, 0.15) is 22.8 Å². The van der Waals surface area contributed by atoms with Crippen LogP contribution < -0.4 is 4.90 Å². The highest BCUT2D eigenvalue weighted by Crippen LogP contribution is 2.23. The van der Waals surface area contributed by atoms with Crippen LogP contribution in [0, 0.1) is 18.6 Å². The quantitative estimate of drug-likeness (QED) is 0.422. The van der Waals surface area contributed by atoms with Crippen molar-refractivity contribution in [2.45, 2.75) is 13.8 Å². The third kappa shape index (κ3) is 4.88. The lowest BCUT2D eigenvalue weighted by atomic mass is 10.0. The van der Waals surface area contributed by atoms with Crippen LogP contribution in [0.25, 0.3) is 0 Å². The summed E-state index contributed by atoms with van der Waals surface area (Å²) >= 11 is 0. The summed E-state index contributed by atoms with van der Waals surface area (Å²) < 4.78 is 27.3. The van der Waals surface area contributed by atoms with Crippen LogP contribution in [-0.2, 0) is 0 Å².